The fraction of sp³-hybridized carbons (Fsp3) is 0.111. The molecule has 3 aromatic heterocycles. The monoisotopic (exact) mass is 411 g/mol. The molecule has 0 atom stereocenters. The normalized spacial score (nSPS) is 10.9. The van der Waals surface area contributed by atoms with Gasteiger partial charge in [0.2, 0.25) is 5.82 Å². The summed E-state index contributed by atoms with van der Waals surface area (Å²) in [7, 11) is 0. The number of thiophene rings is 1. The molecule has 0 bridgehead atoms. The van der Waals surface area contributed by atoms with Crippen molar-refractivity contribution in [1.29, 1.82) is 0 Å². The topological polar surface area (TPSA) is 143 Å². The molecule has 0 unspecified atom stereocenters. The van der Waals surface area contributed by atoms with Crippen LogP contribution in [0, 0.1) is 0 Å². The van der Waals surface area contributed by atoms with Crippen LogP contribution in [-0.4, -0.2) is 31.8 Å². The summed E-state index contributed by atoms with van der Waals surface area (Å²) in [5, 5.41) is 12.0. The van der Waals surface area contributed by atoms with Gasteiger partial charge in [0.1, 0.15) is 6.54 Å². The summed E-state index contributed by atoms with van der Waals surface area (Å²) in [5.74, 6) is -1.08. The molecule has 0 aliphatic rings. The zero-order chi connectivity index (χ0) is 20.4. The fourth-order valence-electron chi connectivity index (χ4n) is 2.66. The van der Waals surface area contributed by atoms with Crippen LogP contribution in [0.1, 0.15) is 16.4 Å². The number of primary amides is 1. The van der Waals surface area contributed by atoms with Crippen LogP contribution in [0.25, 0.3) is 22.2 Å². The van der Waals surface area contributed by atoms with E-state index in [4.69, 9.17) is 15.0 Å². The van der Waals surface area contributed by atoms with Crippen molar-refractivity contribution in [3.8, 4) is 11.4 Å². The minimum atomic E-state index is -0.810. The van der Waals surface area contributed by atoms with Crippen LogP contribution in [0.3, 0.4) is 0 Å². The third-order valence-electron chi connectivity index (χ3n) is 3.98. The highest BCUT2D eigenvalue weighted by atomic mass is 32.1. The third kappa shape index (κ3) is 3.75. The Morgan fingerprint density at radius 1 is 1.21 bits per heavy atom. The number of aromatic nitrogens is 4. The largest absolute Gasteiger partial charge is 0.454 e. The summed E-state index contributed by atoms with van der Waals surface area (Å²) < 4.78 is 11.0. The first kappa shape index (κ1) is 18.5. The number of ether oxygens (including phenoxy) is 1. The van der Waals surface area contributed by atoms with Crippen LogP contribution < -0.4 is 11.3 Å². The minimum absolute atomic E-state index is 0.106. The Kier molecular flexibility index (Phi) is 4.87. The van der Waals surface area contributed by atoms with Gasteiger partial charge >= 0.3 is 5.97 Å². The molecule has 11 heteroatoms. The zero-order valence-corrected chi connectivity index (χ0v) is 15.6. The van der Waals surface area contributed by atoms with E-state index in [1.165, 1.54) is 17.4 Å². The van der Waals surface area contributed by atoms with Gasteiger partial charge in [-0.15, -0.1) is 0 Å². The first-order chi connectivity index (χ1) is 14.0. The highest BCUT2D eigenvalue weighted by molar-refractivity contribution is 7.08. The van der Waals surface area contributed by atoms with E-state index in [2.05, 4.69) is 15.2 Å². The van der Waals surface area contributed by atoms with Crippen LogP contribution in [0.2, 0.25) is 0 Å². The van der Waals surface area contributed by atoms with Gasteiger partial charge in [-0.05, 0) is 17.5 Å². The molecule has 0 fully saturated rings. The second-order valence-corrected chi connectivity index (χ2v) is 6.69. The SMILES string of the molecule is NC(=O)c1nn(CC(=O)OCc2nc(-c3ccsc3)no2)c(=O)c2ccccc12. The summed E-state index contributed by atoms with van der Waals surface area (Å²) >= 11 is 1.49. The lowest BCUT2D eigenvalue weighted by molar-refractivity contribution is -0.146. The summed E-state index contributed by atoms with van der Waals surface area (Å²) in [6, 6.07) is 8.21. The molecule has 4 aromatic rings. The molecule has 1 aromatic carbocycles. The van der Waals surface area contributed by atoms with E-state index in [-0.39, 0.29) is 23.6 Å². The Morgan fingerprint density at radius 3 is 2.72 bits per heavy atom. The van der Waals surface area contributed by atoms with Gasteiger partial charge in [-0.3, -0.25) is 14.4 Å². The van der Waals surface area contributed by atoms with Crippen LogP contribution in [0.5, 0.6) is 0 Å². The maximum atomic E-state index is 12.5. The Bertz CT molecular complexity index is 1260. The lowest BCUT2D eigenvalue weighted by atomic mass is 10.1. The summed E-state index contributed by atoms with van der Waals surface area (Å²) in [5.41, 5.74) is 5.49. The second kappa shape index (κ2) is 7.64. The Morgan fingerprint density at radius 2 is 2.00 bits per heavy atom. The smallest absolute Gasteiger partial charge is 0.328 e. The standard InChI is InChI=1S/C18H13N5O5S/c19-16(25)15-11-3-1-2-4-12(11)18(26)23(21-15)7-14(24)27-8-13-20-17(22-28-13)10-5-6-29-9-10/h1-6,9H,7-8H2,(H2,19,25). The highest BCUT2D eigenvalue weighted by Crippen LogP contribution is 2.19. The number of nitrogens with zero attached hydrogens (tertiary/aromatic N) is 4. The quantitative estimate of drug-likeness (QED) is 0.468. The van der Waals surface area contributed by atoms with Crippen molar-refractivity contribution in [3.05, 3.63) is 63.0 Å². The average Bonchev–Trinajstić information content (AvgIpc) is 3.40. The lowest BCUT2D eigenvalue weighted by Gasteiger charge is -2.08. The molecule has 0 radical (unpaired) electrons. The molecule has 0 aliphatic carbocycles. The summed E-state index contributed by atoms with van der Waals surface area (Å²) in [6.45, 7) is -0.767. The number of nitrogens with two attached hydrogens (primary N) is 1. The van der Waals surface area contributed by atoms with E-state index in [1.54, 1.807) is 18.2 Å². The molecule has 4 rings (SSSR count). The van der Waals surface area contributed by atoms with Crippen molar-refractivity contribution in [2.75, 3.05) is 0 Å². The number of carbonyl (C=O) groups is 2. The van der Waals surface area contributed by atoms with Gasteiger partial charge in [-0.1, -0.05) is 23.4 Å². The number of carbonyl (C=O) groups excluding carboxylic acids is 2. The van der Waals surface area contributed by atoms with E-state index in [0.717, 1.165) is 10.2 Å². The number of hydrogen-bond donors (Lipinski definition) is 1. The fourth-order valence-corrected chi connectivity index (χ4v) is 3.29. The van der Waals surface area contributed by atoms with Crippen molar-refractivity contribution in [2.24, 2.45) is 5.73 Å². The minimum Gasteiger partial charge on any atom is -0.454 e. The summed E-state index contributed by atoms with van der Waals surface area (Å²) in [4.78, 5) is 40.5. The highest BCUT2D eigenvalue weighted by Gasteiger charge is 2.17. The van der Waals surface area contributed by atoms with Gasteiger partial charge in [0.15, 0.2) is 12.3 Å². The predicted molar refractivity (Wildman–Crippen MR) is 102 cm³/mol. The molecular formula is C18H13N5O5S. The van der Waals surface area contributed by atoms with E-state index < -0.39 is 24.0 Å². The van der Waals surface area contributed by atoms with Gasteiger partial charge in [0.05, 0.1) is 5.39 Å². The number of fused-ring (bicyclic) bond motifs is 1. The third-order valence-corrected chi connectivity index (χ3v) is 4.67. The molecular weight excluding hydrogens is 398 g/mol. The van der Waals surface area contributed by atoms with Gasteiger partial charge in [-0.2, -0.15) is 21.4 Å². The Hall–Kier alpha value is -3.86. The molecule has 0 spiro atoms. The number of hydrogen-bond acceptors (Lipinski definition) is 9. The van der Waals surface area contributed by atoms with Crippen LogP contribution in [-0.2, 0) is 22.7 Å². The van der Waals surface area contributed by atoms with E-state index >= 15 is 0 Å². The van der Waals surface area contributed by atoms with Gasteiger partial charge < -0.3 is 15.0 Å². The molecule has 10 nitrogen and oxygen atoms in total. The lowest BCUT2D eigenvalue weighted by Crippen LogP contribution is -2.31. The summed E-state index contributed by atoms with van der Waals surface area (Å²) in [6.07, 6.45) is 0. The van der Waals surface area contributed by atoms with Gasteiger partial charge in [0, 0.05) is 16.3 Å². The van der Waals surface area contributed by atoms with Gasteiger partial charge in [-0.25, -0.2) is 4.68 Å². The molecule has 0 saturated heterocycles. The van der Waals surface area contributed by atoms with E-state index in [1.807, 2.05) is 16.8 Å². The second-order valence-electron chi connectivity index (χ2n) is 5.91. The van der Waals surface area contributed by atoms with Crippen molar-refractivity contribution in [2.45, 2.75) is 13.2 Å². The van der Waals surface area contributed by atoms with E-state index in [0.29, 0.717) is 11.2 Å². The maximum Gasteiger partial charge on any atom is 0.328 e. The first-order valence-corrected chi connectivity index (χ1v) is 9.27. The Labute approximate surface area is 166 Å². The number of esters is 1. The molecule has 146 valence electrons. The van der Waals surface area contributed by atoms with Crippen LogP contribution >= 0.6 is 11.3 Å². The van der Waals surface area contributed by atoms with E-state index in [9.17, 15) is 14.4 Å². The number of rotatable bonds is 6. The van der Waals surface area contributed by atoms with Gasteiger partial charge in [0.25, 0.3) is 17.4 Å². The number of amides is 1. The van der Waals surface area contributed by atoms with Crippen LogP contribution in [0.15, 0.2) is 50.4 Å². The van der Waals surface area contributed by atoms with Crippen molar-refractivity contribution >= 4 is 34.0 Å². The van der Waals surface area contributed by atoms with Crippen molar-refractivity contribution in [3.63, 3.8) is 0 Å². The molecule has 3 heterocycles. The molecule has 1 amide bonds. The zero-order valence-electron chi connectivity index (χ0n) is 14.8. The predicted octanol–water partition coefficient (Wildman–Crippen LogP) is 1.35. The molecule has 0 aliphatic heterocycles. The van der Waals surface area contributed by atoms with Crippen LogP contribution in [0.4, 0.5) is 0 Å². The first-order valence-electron chi connectivity index (χ1n) is 8.33. The van der Waals surface area contributed by atoms with Crippen molar-refractivity contribution < 1.29 is 18.8 Å². The Balaban J connectivity index is 1.50. The maximum absolute atomic E-state index is 12.5. The van der Waals surface area contributed by atoms with Crippen molar-refractivity contribution in [1.82, 2.24) is 19.9 Å². The molecule has 29 heavy (non-hydrogen) atoms. The average molecular weight is 411 g/mol. The number of benzene rings is 1. The molecule has 0 saturated carbocycles. The molecule has 2 N–H and O–H groups in total.